The van der Waals surface area contributed by atoms with Crippen molar-refractivity contribution in [3.8, 4) is 33.4 Å². The summed E-state index contributed by atoms with van der Waals surface area (Å²) >= 11 is 0. The van der Waals surface area contributed by atoms with Gasteiger partial charge in [0.2, 0.25) is 0 Å². The highest BCUT2D eigenvalue weighted by Crippen LogP contribution is 2.56. The summed E-state index contributed by atoms with van der Waals surface area (Å²) in [5.74, 6) is 0. The van der Waals surface area contributed by atoms with Gasteiger partial charge in [-0.2, -0.15) is 0 Å². The first-order chi connectivity index (χ1) is 30.0. The number of para-hydroxylation sites is 2. The lowest BCUT2D eigenvalue weighted by Gasteiger charge is -2.43. The Labute approximate surface area is 358 Å². The summed E-state index contributed by atoms with van der Waals surface area (Å²) in [7, 11) is 0. The van der Waals surface area contributed by atoms with E-state index in [-0.39, 0.29) is 5.41 Å². The third-order valence-electron chi connectivity index (χ3n) is 12.6. The van der Waals surface area contributed by atoms with Gasteiger partial charge in [0, 0.05) is 33.4 Å². The van der Waals surface area contributed by atoms with Gasteiger partial charge in [0.05, 0.1) is 17.1 Å². The normalized spacial score (nSPS) is 12.9. The number of nitrogens with zero attached hydrogens (tertiary/aromatic N) is 2. The molecule has 0 radical (unpaired) electrons. The minimum Gasteiger partial charge on any atom is -0.311 e. The lowest BCUT2D eigenvalue weighted by Crippen LogP contribution is -2.31. The standard InChI is InChI=1S/C59H44N2/c1-59(2)54-26-13-14-27-56(54)61(57-39-33-46(40-55(57)59)51-25-15-20-43-18-9-11-23-50(43)51)58-52-24-12-10-19-44(52)32-38-53(58)45-30-36-49(37-31-45)60(47-21-7-4-8-22-47)48-34-28-42(29-35-48)41-16-5-3-6-17-41/h3-40H,1-2H3. The summed E-state index contributed by atoms with van der Waals surface area (Å²) in [6, 6.07) is 84.1. The molecule has 0 spiro atoms. The second-order valence-electron chi connectivity index (χ2n) is 16.5. The Kier molecular flexibility index (Phi) is 8.86. The number of hydrogen-bond acceptors (Lipinski definition) is 2. The van der Waals surface area contributed by atoms with Crippen LogP contribution in [0.1, 0.15) is 25.0 Å². The maximum absolute atomic E-state index is 2.54. The molecule has 2 heteroatoms. The van der Waals surface area contributed by atoms with Gasteiger partial charge in [-0.1, -0.05) is 190 Å². The molecule has 0 unspecified atom stereocenters. The molecule has 0 atom stereocenters. The van der Waals surface area contributed by atoms with E-state index in [0.29, 0.717) is 0 Å². The van der Waals surface area contributed by atoms with E-state index in [1.54, 1.807) is 0 Å². The van der Waals surface area contributed by atoms with Crippen LogP contribution in [0.2, 0.25) is 0 Å². The van der Waals surface area contributed by atoms with Crippen molar-refractivity contribution < 1.29 is 0 Å². The number of rotatable bonds is 7. The molecule has 61 heavy (non-hydrogen) atoms. The predicted molar refractivity (Wildman–Crippen MR) is 259 cm³/mol. The SMILES string of the molecule is CC1(C)c2ccccc2N(c2c(-c3ccc(N(c4ccccc4)c4ccc(-c5ccccc5)cc4)cc3)ccc3ccccc23)c2ccc(-c3cccc4ccccc34)cc21. The highest BCUT2D eigenvalue weighted by Gasteiger charge is 2.38. The van der Waals surface area contributed by atoms with Crippen LogP contribution in [0.5, 0.6) is 0 Å². The van der Waals surface area contributed by atoms with Crippen LogP contribution in [-0.4, -0.2) is 0 Å². The largest absolute Gasteiger partial charge is 0.311 e. The highest BCUT2D eigenvalue weighted by atomic mass is 15.2. The molecule has 0 N–H and O–H groups in total. The van der Waals surface area contributed by atoms with Gasteiger partial charge in [0.15, 0.2) is 0 Å². The summed E-state index contributed by atoms with van der Waals surface area (Å²) < 4.78 is 0. The van der Waals surface area contributed by atoms with Crippen molar-refractivity contribution in [2.24, 2.45) is 0 Å². The van der Waals surface area contributed by atoms with Crippen molar-refractivity contribution in [1.82, 2.24) is 0 Å². The zero-order chi connectivity index (χ0) is 40.9. The van der Waals surface area contributed by atoms with Crippen molar-refractivity contribution in [3.05, 3.63) is 242 Å². The lowest BCUT2D eigenvalue weighted by atomic mass is 9.72. The monoisotopic (exact) mass is 780 g/mol. The van der Waals surface area contributed by atoms with Gasteiger partial charge < -0.3 is 9.80 Å². The molecule has 1 aliphatic heterocycles. The summed E-state index contributed by atoms with van der Waals surface area (Å²) in [5, 5.41) is 4.95. The van der Waals surface area contributed by atoms with Crippen LogP contribution in [0.25, 0.3) is 54.9 Å². The van der Waals surface area contributed by atoms with Gasteiger partial charge in [-0.05, 0) is 110 Å². The van der Waals surface area contributed by atoms with E-state index in [0.717, 1.165) is 22.6 Å². The highest BCUT2D eigenvalue weighted by molar-refractivity contribution is 6.08. The molecular weight excluding hydrogens is 737 g/mol. The molecule has 2 nitrogen and oxygen atoms in total. The van der Waals surface area contributed by atoms with Crippen LogP contribution in [0.3, 0.4) is 0 Å². The molecule has 10 aromatic carbocycles. The van der Waals surface area contributed by atoms with E-state index in [4.69, 9.17) is 0 Å². The number of benzene rings is 10. The predicted octanol–water partition coefficient (Wildman–Crippen LogP) is 16.6. The number of hydrogen-bond donors (Lipinski definition) is 0. The first-order valence-electron chi connectivity index (χ1n) is 21.2. The third-order valence-corrected chi connectivity index (χ3v) is 12.6. The quantitative estimate of drug-likeness (QED) is 0.159. The lowest BCUT2D eigenvalue weighted by molar-refractivity contribution is 0.632. The first kappa shape index (κ1) is 36.4. The van der Waals surface area contributed by atoms with Crippen LogP contribution in [-0.2, 0) is 5.41 Å². The molecule has 1 aliphatic rings. The van der Waals surface area contributed by atoms with Gasteiger partial charge in [-0.15, -0.1) is 0 Å². The smallest absolute Gasteiger partial charge is 0.0618 e. The van der Waals surface area contributed by atoms with Crippen molar-refractivity contribution in [2.45, 2.75) is 19.3 Å². The average Bonchev–Trinajstić information content (AvgIpc) is 3.32. The van der Waals surface area contributed by atoms with Crippen LogP contribution in [0.15, 0.2) is 231 Å². The van der Waals surface area contributed by atoms with E-state index >= 15 is 0 Å². The molecule has 290 valence electrons. The Morgan fingerprint density at radius 2 is 0.869 bits per heavy atom. The van der Waals surface area contributed by atoms with Gasteiger partial charge >= 0.3 is 0 Å². The van der Waals surface area contributed by atoms with Crippen molar-refractivity contribution in [1.29, 1.82) is 0 Å². The van der Waals surface area contributed by atoms with E-state index in [9.17, 15) is 0 Å². The summed E-state index contributed by atoms with van der Waals surface area (Å²) in [4.78, 5) is 4.88. The van der Waals surface area contributed by atoms with Gasteiger partial charge in [-0.3, -0.25) is 0 Å². The number of fused-ring (bicyclic) bond motifs is 4. The van der Waals surface area contributed by atoms with Crippen molar-refractivity contribution in [3.63, 3.8) is 0 Å². The van der Waals surface area contributed by atoms with Crippen molar-refractivity contribution in [2.75, 3.05) is 9.80 Å². The van der Waals surface area contributed by atoms with Gasteiger partial charge in [0.1, 0.15) is 0 Å². The van der Waals surface area contributed by atoms with Gasteiger partial charge in [-0.25, -0.2) is 0 Å². The minimum atomic E-state index is -0.240. The Bertz CT molecular complexity index is 3200. The molecular formula is C59H44N2. The minimum absolute atomic E-state index is 0.240. The second kappa shape index (κ2) is 14.9. The summed E-state index contributed by atoms with van der Waals surface area (Å²) in [6.07, 6.45) is 0. The molecule has 11 rings (SSSR count). The molecule has 0 saturated carbocycles. The molecule has 0 amide bonds. The van der Waals surface area contributed by atoms with Crippen LogP contribution in [0.4, 0.5) is 34.1 Å². The Balaban J connectivity index is 1.06. The fourth-order valence-electron chi connectivity index (χ4n) is 9.57. The molecule has 0 saturated heterocycles. The number of anilines is 6. The maximum Gasteiger partial charge on any atom is 0.0618 e. The van der Waals surface area contributed by atoms with Crippen LogP contribution in [0, 0.1) is 0 Å². The second-order valence-corrected chi connectivity index (χ2v) is 16.5. The van der Waals surface area contributed by atoms with Gasteiger partial charge in [0.25, 0.3) is 0 Å². The fourth-order valence-corrected chi connectivity index (χ4v) is 9.57. The average molecular weight is 781 g/mol. The Morgan fingerprint density at radius 1 is 0.344 bits per heavy atom. The van der Waals surface area contributed by atoms with E-state index in [1.807, 2.05) is 0 Å². The van der Waals surface area contributed by atoms with E-state index in [1.165, 1.54) is 77.6 Å². The Morgan fingerprint density at radius 3 is 1.61 bits per heavy atom. The molecule has 0 aromatic heterocycles. The molecule has 1 heterocycles. The zero-order valence-corrected chi connectivity index (χ0v) is 34.3. The third kappa shape index (κ3) is 6.27. The summed E-state index contributed by atoms with van der Waals surface area (Å²) in [5.41, 5.74) is 16.5. The molecule has 10 aromatic rings. The van der Waals surface area contributed by atoms with E-state index in [2.05, 4.69) is 254 Å². The zero-order valence-electron chi connectivity index (χ0n) is 34.3. The molecule has 0 aliphatic carbocycles. The van der Waals surface area contributed by atoms with Crippen LogP contribution < -0.4 is 9.80 Å². The van der Waals surface area contributed by atoms with Crippen LogP contribution >= 0.6 is 0 Å². The van der Waals surface area contributed by atoms with Crippen molar-refractivity contribution >= 4 is 55.7 Å². The molecule has 0 fully saturated rings. The topological polar surface area (TPSA) is 6.48 Å². The maximum atomic E-state index is 2.54. The van der Waals surface area contributed by atoms with E-state index < -0.39 is 0 Å². The first-order valence-corrected chi connectivity index (χ1v) is 21.2. The Hall–Kier alpha value is -7.68. The molecule has 0 bridgehead atoms. The summed E-state index contributed by atoms with van der Waals surface area (Å²) in [6.45, 7) is 4.76. The fraction of sp³-hybridized carbons (Fsp3) is 0.0508.